The van der Waals surface area contributed by atoms with E-state index in [1.165, 1.54) is 24.0 Å². The highest BCUT2D eigenvalue weighted by molar-refractivity contribution is 6.08. The molecule has 11 heavy (non-hydrogen) atoms. The quantitative estimate of drug-likeness (QED) is 0.597. The van der Waals surface area contributed by atoms with E-state index in [1.54, 1.807) is 0 Å². The van der Waals surface area contributed by atoms with E-state index in [9.17, 15) is 0 Å². The van der Waals surface area contributed by atoms with Crippen LogP contribution in [0.1, 0.15) is 24.5 Å². The van der Waals surface area contributed by atoms with Gasteiger partial charge in [-0.05, 0) is 18.0 Å². The highest BCUT2D eigenvalue weighted by Crippen LogP contribution is 2.05. The highest BCUT2D eigenvalue weighted by Gasteiger charge is 1.90. The van der Waals surface area contributed by atoms with E-state index < -0.39 is 0 Å². The molecule has 0 aromatic heterocycles. The molecule has 0 spiro atoms. The fourth-order valence-corrected chi connectivity index (χ4v) is 1.35. The number of hydrogen-bond acceptors (Lipinski definition) is 0. The van der Waals surface area contributed by atoms with Crippen molar-refractivity contribution in [2.45, 2.75) is 25.8 Å². The van der Waals surface area contributed by atoms with Crippen molar-refractivity contribution in [1.29, 1.82) is 0 Å². The van der Waals surface area contributed by atoms with Crippen LogP contribution in [0.25, 0.3) is 0 Å². The van der Waals surface area contributed by atoms with Gasteiger partial charge in [-0.15, -0.1) is 0 Å². The Morgan fingerprint density at radius 1 is 1.09 bits per heavy atom. The first-order valence-corrected chi connectivity index (χ1v) is 4.80. The fourth-order valence-electron chi connectivity index (χ4n) is 1.11. The summed E-state index contributed by atoms with van der Waals surface area (Å²) < 4.78 is 0. The first kappa shape index (κ1) is 8.53. The molecule has 0 aliphatic carbocycles. The lowest BCUT2D eigenvalue weighted by Gasteiger charge is -1.99. The molecule has 0 aliphatic heterocycles. The first-order valence-electron chi connectivity index (χ1n) is 4.09. The van der Waals surface area contributed by atoms with Crippen molar-refractivity contribution in [3.8, 4) is 0 Å². The van der Waals surface area contributed by atoms with E-state index in [-0.39, 0.29) is 0 Å². The second-order valence-electron chi connectivity index (χ2n) is 2.74. The molecular formula is C10H13Si. The van der Waals surface area contributed by atoms with Crippen molar-refractivity contribution in [2.24, 2.45) is 0 Å². The number of rotatable bonds is 3. The van der Waals surface area contributed by atoms with Gasteiger partial charge in [0.1, 0.15) is 0 Å². The zero-order valence-electron chi connectivity index (χ0n) is 6.93. The Kier molecular flexibility index (Phi) is 3.37. The van der Waals surface area contributed by atoms with E-state index in [2.05, 4.69) is 41.4 Å². The fraction of sp³-hybridized carbons (Fsp3) is 0.400. The van der Waals surface area contributed by atoms with E-state index in [1.807, 2.05) is 0 Å². The predicted octanol–water partition coefficient (Wildman–Crippen LogP) is 2.31. The van der Waals surface area contributed by atoms with Crippen molar-refractivity contribution < 1.29 is 0 Å². The molecule has 1 rings (SSSR count). The lowest BCUT2D eigenvalue weighted by Crippen LogP contribution is -1.86. The Balaban J connectivity index is 2.66. The molecule has 0 atom stereocenters. The third kappa shape index (κ3) is 2.50. The van der Waals surface area contributed by atoms with E-state index in [0.717, 1.165) is 6.04 Å². The summed E-state index contributed by atoms with van der Waals surface area (Å²) >= 11 is 0. The average molecular weight is 161 g/mol. The largest absolute Gasteiger partial charge is 0.0651 e. The highest BCUT2D eigenvalue weighted by atomic mass is 28.1. The van der Waals surface area contributed by atoms with Crippen molar-refractivity contribution in [3.05, 3.63) is 35.4 Å². The smallest absolute Gasteiger partial charge is 0.0283 e. The van der Waals surface area contributed by atoms with Gasteiger partial charge in [-0.25, -0.2) is 0 Å². The third-order valence-electron chi connectivity index (χ3n) is 1.77. The number of aryl methyl sites for hydroxylation is 1. The minimum absolute atomic E-state index is 0.951. The van der Waals surface area contributed by atoms with Gasteiger partial charge < -0.3 is 0 Å². The zero-order valence-corrected chi connectivity index (χ0v) is 7.93. The molecule has 1 aromatic rings. The van der Waals surface area contributed by atoms with E-state index in [0.29, 0.717) is 0 Å². The maximum Gasteiger partial charge on any atom is 0.0283 e. The van der Waals surface area contributed by atoms with Gasteiger partial charge in [0.15, 0.2) is 0 Å². The first-order chi connectivity index (χ1) is 5.36. The molecule has 0 nitrogen and oxygen atoms in total. The van der Waals surface area contributed by atoms with Gasteiger partial charge in [-0.2, -0.15) is 0 Å². The minimum atomic E-state index is 0.951. The molecule has 0 bridgehead atoms. The standard InChI is InChI=1S/C10H13Si/c1-2-3-9-4-6-10(8-11)7-5-9/h4-7H,2-3,8H2,1H3. The number of benzene rings is 1. The van der Waals surface area contributed by atoms with Crippen LogP contribution in [0.2, 0.25) is 0 Å². The van der Waals surface area contributed by atoms with Crippen LogP contribution in [0, 0.1) is 0 Å². The van der Waals surface area contributed by atoms with Crippen LogP contribution >= 0.6 is 0 Å². The van der Waals surface area contributed by atoms with Gasteiger partial charge in [-0.1, -0.05) is 43.2 Å². The van der Waals surface area contributed by atoms with E-state index >= 15 is 0 Å². The number of hydrogen-bond donors (Lipinski definition) is 0. The van der Waals surface area contributed by atoms with Crippen LogP contribution in [0.3, 0.4) is 0 Å². The van der Waals surface area contributed by atoms with Gasteiger partial charge >= 0.3 is 0 Å². The molecular weight excluding hydrogens is 148 g/mol. The predicted molar refractivity (Wildman–Crippen MR) is 49.9 cm³/mol. The molecule has 3 radical (unpaired) electrons. The molecule has 0 aliphatic rings. The van der Waals surface area contributed by atoms with Gasteiger partial charge in [0.2, 0.25) is 0 Å². The molecule has 0 unspecified atom stereocenters. The second-order valence-corrected chi connectivity index (χ2v) is 3.10. The molecule has 0 N–H and O–H groups in total. The lowest BCUT2D eigenvalue weighted by atomic mass is 10.1. The third-order valence-corrected chi connectivity index (χ3v) is 2.17. The summed E-state index contributed by atoms with van der Waals surface area (Å²) in [5, 5.41) is 0. The normalized spacial score (nSPS) is 10.0. The van der Waals surface area contributed by atoms with Gasteiger partial charge in [0.25, 0.3) is 0 Å². The Morgan fingerprint density at radius 3 is 2.09 bits per heavy atom. The van der Waals surface area contributed by atoms with Gasteiger partial charge in [0.05, 0.1) is 0 Å². The Hall–Kier alpha value is -0.563. The van der Waals surface area contributed by atoms with Crippen LogP contribution in [0.15, 0.2) is 24.3 Å². The topological polar surface area (TPSA) is 0 Å². The summed E-state index contributed by atoms with van der Waals surface area (Å²) in [4.78, 5) is 0. The van der Waals surface area contributed by atoms with Crippen LogP contribution in [0.4, 0.5) is 0 Å². The van der Waals surface area contributed by atoms with Crippen molar-refractivity contribution in [1.82, 2.24) is 0 Å². The van der Waals surface area contributed by atoms with Crippen molar-refractivity contribution >= 4 is 10.2 Å². The average Bonchev–Trinajstić information content (AvgIpc) is 2.07. The molecule has 0 saturated carbocycles. The Bertz CT molecular complexity index is 201. The molecule has 0 heterocycles. The summed E-state index contributed by atoms with van der Waals surface area (Å²) in [5.41, 5.74) is 2.79. The molecule has 0 amide bonds. The van der Waals surface area contributed by atoms with Crippen LogP contribution in [-0.4, -0.2) is 10.2 Å². The summed E-state index contributed by atoms with van der Waals surface area (Å²) in [7, 11) is 3.47. The summed E-state index contributed by atoms with van der Waals surface area (Å²) in [5.74, 6) is 0. The summed E-state index contributed by atoms with van der Waals surface area (Å²) in [6.45, 7) is 2.21. The lowest BCUT2D eigenvalue weighted by molar-refractivity contribution is 0.921. The summed E-state index contributed by atoms with van der Waals surface area (Å²) in [6.07, 6.45) is 2.43. The maximum absolute atomic E-state index is 3.47. The molecule has 0 fully saturated rings. The second kappa shape index (κ2) is 4.34. The minimum Gasteiger partial charge on any atom is -0.0651 e. The van der Waals surface area contributed by atoms with Gasteiger partial charge in [-0.3, -0.25) is 0 Å². The van der Waals surface area contributed by atoms with E-state index in [4.69, 9.17) is 0 Å². The van der Waals surface area contributed by atoms with Crippen LogP contribution in [0.5, 0.6) is 0 Å². The Labute approximate surface area is 72.1 Å². The van der Waals surface area contributed by atoms with Crippen molar-refractivity contribution in [3.63, 3.8) is 0 Å². The van der Waals surface area contributed by atoms with Crippen molar-refractivity contribution in [2.75, 3.05) is 0 Å². The Morgan fingerprint density at radius 2 is 1.64 bits per heavy atom. The monoisotopic (exact) mass is 161 g/mol. The molecule has 0 saturated heterocycles. The SMILES string of the molecule is CCCc1ccc(C[Si])cc1. The zero-order chi connectivity index (χ0) is 8.10. The summed E-state index contributed by atoms with van der Waals surface area (Å²) in [6, 6.07) is 9.72. The molecule has 1 aromatic carbocycles. The molecule has 57 valence electrons. The van der Waals surface area contributed by atoms with Gasteiger partial charge in [0, 0.05) is 10.2 Å². The maximum atomic E-state index is 3.47. The molecule has 1 heteroatoms. The van der Waals surface area contributed by atoms with Crippen LogP contribution < -0.4 is 0 Å². The van der Waals surface area contributed by atoms with Crippen LogP contribution in [-0.2, 0) is 12.5 Å².